The van der Waals surface area contributed by atoms with Gasteiger partial charge in [0.2, 0.25) is 0 Å². The van der Waals surface area contributed by atoms with Gasteiger partial charge in [-0.25, -0.2) is 5.09 Å². The summed E-state index contributed by atoms with van der Waals surface area (Å²) in [6, 6.07) is 0. The minimum Gasteiger partial charge on any atom is -0.378 e. The second-order valence-corrected chi connectivity index (χ2v) is 5.02. The molecule has 0 aromatic carbocycles. The lowest BCUT2D eigenvalue weighted by Gasteiger charge is -2.37. The molecule has 0 aliphatic carbocycles. The molecule has 0 aromatic heterocycles. The third-order valence-electron chi connectivity index (χ3n) is 2.01. The van der Waals surface area contributed by atoms with Crippen molar-refractivity contribution in [3.8, 4) is 0 Å². The Morgan fingerprint density at radius 3 is 2.92 bits per heavy atom. The van der Waals surface area contributed by atoms with E-state index in [4.69, 9.17) is 4.52 Å². The second-order valence-electron chi connectivity index (χ2n) is 2.89. The zero-order chi connectivity index (χ0) is 9.90. The maximum Gasteiger partial charge on any atom is 0.345 e. The Balaban J connectivity index is 2.74. The molecule has 1 saturated heterocycles. The molecule has 0 saturated carbocycles. The highest BCUT2D eigenvalue weighted by Crippen LogP contribution is 2.50. The van der Waals surface area contributed by atoms with Gasteiger partial charge in [-0.15, -0.1) is 0 Å². The molecule has 78 valence electrons. The molecule has 0 amide bonds. The molecule has 2 unspecified atom stereocenters. The highest BCUT2D eigenvalue weighted by molar-refractivity contribution is 7.54. The van der Waals surface area contributed by atoms with Crippen LogP contribution in [0.4, 0.5) is 0 Å². The fraction of sp³-hybridized carbons (Fsp3) is 1.00. The van der Waals surface area contributed by atoms with Crippen molar-refractivity contribution in [3.63, 3.8) is 0 Å². The van der Waals surface area contributed by atoms with Gasteiger partial charge in [0.05, 0.1) is 6.61 Å². The normalized spacial score (nSPS) is 36.4. The fourth-order valence-corrected chi connectivity index (χ4v) is 3.43. The maximum atomic E-state index is 12.0. The Kier molecular flexibility index (Phi) is 3.88. The first-order valence-electron chi connectivity index (χ1n) is 4.59. The Morgan fingerprint density at radius 1 is 1.69 bits per heavy atom. The summed E-state index contributed by atoms with van der Waals surface area (Å²) < 4.78 is 18.7. The van der Waals surface area contributed by atoms with Gasteiger partial charge >= 0.3 is 7.67 Å². The zero-order valence-corrected chi connectivity index (χ0v) is 8.96. The van der Waals surface area contributed by atoms with E-state index in [9.17, 15) is 9.67 Å². The number of rotatable bonds is 3. The average molecular weight is 208 g/mol. The van der Waals surface area contributed by atoms with Crippen molar-refractivity contribution in [1.82, 2.24) is 9.76 Å². The van der Waals surface area contributed by atoms with E-state index < -0.39 is 13.9 Å². The lowest BCUT2D eigenvalue weighted by molar-refractivity contribution is 0.00688. The van der Waals surface area contributed by atoms with Crippen LogP contribution in [0.2, 0.25) is 0 Å². The van der Waals surface area contributed by atoms with Gasteiger partial charge in [0.15, 0.2) is 0 Å². The van der Waals surface area contributed by atoms with E-state index in [1.807, 2.05) is 13.8 Å². The van der Waals surface area contributed by atoms with Crippen LogP contribution in [0.5, 0.6) is 0 Å². The molecule has 5 nitrogen and oxygen atoms in total. The van der Waals surface area contributed by atoms with Crippen molar-refractivity contribution in [2.75, 3.05) is 19.7 Å². The molecular weight excluding hydrogens is 191 g/mol. The lowest BCUT2D eigenvalue weighted by atomic mass is 10.4. The van der Waals surface area contributed by atoms with Gasteiger partial charge in [-0.1, -0.05) is 13.8 Å². The van der Waals surface area contributed by atoms with Crippen LogP contribution >= 0.6 is 7.67 Å². The van der Waals surface area contributed by atoms with Gasteiger partial charge in [0.25, 0.3) is 0 Å². The van der Waals surface area contributed by atoms with Crippen LogP contribution in [0.1, 0.15) is 20.3 Å². The molecule has 0 bridgehead atoms. The topological polar surface area (TPSA) is 61.8 Å². The van der Waals surface area contributed by atoms with E-state index in [2.05, 4.69) is 5.09 Å². The smallest absolute Gasteiger partial charge is 0.345 e. The standard InChI is InChI=1S/C7H17N2O3P/c1-3-8-13(11)9(4-2)7(10)5-6-12-13/h7,10H,3-6H2,1-2H3,(H,8,11). The summed E-state index contributed by atoms with van der Waals surface area (Å²) in [6.07, 6.45) is -0.132. The minimum atomic E-state index is -2.95. The fourth-order valence-electron chi connectivity index (χ4n) is 1.41. The molecule has 1 fully saturated rings. The van der Waals surface area contributed by atoms with E-state index in [1.165, 1.54) is 4.67 Å². The zero-order valence-electron chi connectivity index (χ0n) is 8.06. The van der Waals surface area contributed by atoms with Crippen LogP contribution in [0.3, 0.4) is 0 Å². The molecule has 1 aliphatic heterocycles. The van der Waals surface area contributed by atoms with Crippen LogP contribution in [-0.2, 0) is 9.09 Å². The third kappa shape index (κ3) is 2.30. The third-order valence-corrected chi connectivity index (χ3v) is 4.48. The van der Waals surface area contributed by atoms with Crippen molar-refractivity contribution in [2.45, 2.75) is 26.5 Å². The van der Waals surface area contributed by atoms with E-state index in [0.717, 1.165) is 0 Å². The van der Waals surface area contributed by atoms with Gasteiger partial charge in [0, 0.05) is 19.5 Å². The van der Waals surface area contributed by atoms with Gasteiger partial charge in [-0.2, -0.15) is 4.67 Å². The molecule has 0 spiro atoms. The van der Waals surface area contributed by atoms with Crippen LogP contribution in [-0.4, -0.2) is 35.7 Å². The average Bonchev–Trinajstić information content (AvgIpc) is 2.04. The van der Waals surface area contributed by atoms with Crippen LogP contribution in [0.25, 0.3) is 0 Å². The maximum absolute atomic E-state index is 12.0. The van der Waals surface area contributed by atoms with Crippen LogP contribution in [0.15, 0.2) is 0 Å². The molecule has 13 heavy (non-hydrogen) atoms. The Morgan fingerprint density at radius 2 is 2.38 bits per heavy atom. The molecular formula is C7H17N2O3P. The summed E-state index contributed by atoms with van der Waals surface area (Å²) in [7, 11) is -2.95. The molecule has 1 aliphatic rings. The van der Waals surface area contributed by atoms with Crippen molar-refractivity contribution in [1.29, 1.82) is 0 Å². The molecule has 2 atom stereocenters. The predicted octanol–water partition coefficient (Wildman–Crippen LogP) is 0.765. The van der Waals surface area contributed by atoms with Gasteiger partial charge in [0.1, 0.15) is 6.23 Å². The molecule has 0 aromatic rings. The molecule has 2 N–H and O–H groups in total. The van der Waals surface area contributed by atoms with Gasteiger partial charge < -0.3 is 9.63 Å². The quantitative estimate of drug-likeness (QED) is 0.670. The summed E-state index contributed by atoms with van der Waals surface area (Å²) in [5, 5.41) is 12.4. The number of nitrogens with one attached hydrogen (secondary N) is 1. The van der Waals surface area contributed by atoms with E-state index in [1.54, 1.807) is 0 Å². The van der Waals surface area contributed by atoms with Crippen molar-refractivity contribution >= 4 is 7.67 Å². The Bertz CT molecular complexity index is 206. The van der Waals surface area contributed by atoms with Crippen LogP contribution < -0.4 is 5.09 Å². The van der Waals surface area contributed by atoms with E-state index >= 15 is 0 Å². The largest absolute Gasteiger partial charge is 0.378 e. The van der Waals surface area contributed by atoms with Crippen molar-refractivity contribution in [3.05, 3.63) is 0 Å². The van der Waals surface area contributed by atoms with Crippen molar-refractivity contribution < 1.29 is 14.2 Å². The predicted molar refractivity (Wildman–Crippen MR) is 50.2 cm³/mol. The number of aliphatic hydroxyl groups excluding tert-OH is 1. The first kappa shape index (κ1) is 11.1. The van der Waals surface area contributed by atoms with Gasteiger partial charge in [-0.05, 0) is 0 Å². The summed E-state index contributed by atoms with van der Waals surface area (Å²) in [6.45, 7) is 5.15. The SMILES string of the molecule is CCNP1(=O)OCCC(O)N1CC. The highest BCUT2D eigenvalue weighted by Gasteiger charge is 2.38. The minimum absolute atomic E-state index is 0.349. The first-order chi connectivity index (χ1) is 6.14. The number of hydrogen-bond acceptors (Lipinski definition) is 3. The number of hydrogen-bond donors (Lipinski definition) is 2. The number of aliphatic hydroxyl groups is 1. The summed E-state index contributed by atoms with van der Waals surface area (Å²) >= 11 is 0. The first-order valence-corrected chi connectivity index (χ1v) is 6.16. The van der Waals surface area contributed by atoms with E-state index in [0.29, 0.717) is 26.1 Å². The highest BCUT2D eigenvalue weighted by atomic mass is 31.2. The number of nitrogens with zero attached hydrogens (tertiary/aromatic N) is 1. The molecule has 1 heterocycles. The molecule has 6 heteroatoms. The monoisotopic (exact) mass is 208 g/mol. The van der Waals surface area contributed by atoms with Crippen molar-refractivity contribution in [2.24, 2.45) is 0 Å². The second kappa shape index (κ2) is 4.53. The van der Waals surface area contributed by atoms with E-state index in [-0.39, 0.29) is 0 Å². The Labute approximate surface area is 78.6 Å². The molecule has 0 radical (unpaired) electrons. The summed E-state index contributed by atoms with van der Waals surface area (Å²) in [4.78, 5) is 0. The summed E-state index contributed by atoms with van der Waals surface area (Å²) in [5.41, 5.74) is 0. The Hall–Kier alpha value is 0.0700. The lowest BCUT2D eigenvalue weighted by Crippen LogP contribution is -2.41. The molecule has 1 rings (SSSR count). The van der Waals surface area contributed by atoms with Crippen LogP contribution in [0, 0.1) is 0 Å². The van der Waals surface area contributed by atoms with Gasteiger partial charge in [-0.3, -0.25) is 4.57 Å². The summed E-state index contributed by atoms with van der Waals surface area (Å²) in [5.74, 6) is 0.